The first kappa shape index (κ1) is 38.6. The number of nitrogens with zero attached hydrogens (tertiary/aromatic N) is 6. The Balaban J connectivity index is 0.00000312. The molecule has 2 radical (unpaired) electrons. The molecule has 0 spiro atoms. The van der Waals surface area contributed by atoms with Gasteiger partial charge in [-0.2, -0.15) is 32.2 Å². The number of anilines is 3. The number of phenolic OH excluding ortho intramolecular Hbond substituents is 1. The molecule has 0 fully saturated rings. The molecule has 0 saturated heterocycles. The van der Waals surface area contributed by atoms with E-state index in [9.17, 15) is 31.0 Å². The van der Waals surface area contributed by atoms with Gasteiger partial charge in [0.1, 0.15) is 26.9 Å². The SMILES string of the molecule is Nc1ccc(N=Nc2ccc(N=Nc3c(S(=O)(=O)O)cc4cc(S(=O)(=O)O)c(N=Nc5ccccc5)c(O)c4c3N)cc2)c(N)c1.[Na].[Na]. The van der Waals surface area contributed by atoms with Crippen LogP contribution in [0.1, 0.15) is 0 Å². The van der Waals surface area contributed by atoms with E-state index in [1.165, 1.54) is 24.3 Å². The Morgan fingerprint density at radius 3 is 1.56 bits per heavy atom. The number of hydrogen-bond acceptors (Lipinski definition) is 14. The van der Waals surface area contributed by atoms with Crippen LogP contribution in [0.25, 0.3) is 10.8 Å². The normalized spacial score (nSPS) is 12.0. The average molecular weight is 708 g/mol. The largest absolute Gasteiger partial charge is 0.505 e. The summed E-state index contributed by atoms with van der Waals surface area (Å²) in [5, 5.41) is 34.3. The number of nitrogen functional groups attached to an aromatic ring is 3. The average Bonchev–Trinajstić information content (AvgIpc) is 2.99. The second-order valence-corrected chi connectivity index (χ2v) is 12.3. The first-order valence-corrected chi connectivity index (χ1v) is 15.7. The van der Waals surface area contributed by atoms with E-state index in [0.717, 1.165) is 12.1 Å². The monoisotopic (exact) mass is 707 g/mol. The molecule has 9 N–H and O–H groups in total. The minimum absolute atomic E-state index is 0. The number of benzene rings is 5. The number of fused-ring (bicyclic) bond motifs is 1. The molecule has 0 bridgehead atoms. The molecule has 5 rings (SSSR count). The standard InChI is InChI=1S/C28H23N9O7S2.2Na/c29-16-6-11-21(20(30)14-16)35-32-18-7-9-19(10-8-18)34-36-26-22(45(39,40)41)12-15-13-23(46(42,43)44)27(28(38)24(15)25(26)31)37-33-17-4-2-1-3-5-17;;/h1-14,38H,29-31H2,(H,39,40,41)(H,42,43,44);;. The molecule has 5 aromatic carbocycles. The topological polar surface area (TPSA) is 281 Å². The van der Waals surface area contributed by atoms with Gasteiger partial charge in [-0.3, -0.25) is 9.11 Å². The van der Waals surface area contributed by atoms with E-state index in [1.54, 1.807) is 48.5 Å². The van der Waals surface area contributed by atoms with E-state index in [4.69, 9.17) is 17.2 Å². The van der Waals surface area contributed by atoms with Gasteiger partial charge in [0.2, 0.25) is 0 Å². The molecule has 0 aliphatic rings. The number of nitrogens with two attached hydrogens (primary N) is 3. The molecule has 0 saturated carbocycles. The molecular weight excluding hydrogens is 684 g/mol. The Morgan fingerprint density at radius 2 is 1.04 bits per heavy atom. The van der Waals surface area contributed by atoms with E-state index in [2.05, 4.69) is 30.7 Å². The molecular formula is C28H23N9Na2O7S2. The fourth-order valence-electron chi connectivity index (χ4n) is 4.18. The molecule has 0 unspecified atom stereocenters. The van der Waals surface area contributed by atoms with E-state index >= 15 is 0 Å². The number of hydrogen-bond donors (Lipinski definition) is 6. The second kappa shape index (κ2) is 15.6. The van der Waals surface area contributed by atoms with Crippen LogP contribution < -0.4 is 17.2 Å². The van der Waals surface area contributed by atoms with Crippen LogP contribution in [0.15, 0.2) is 125 Å². The zero-order valence-corrected chi connectivity index (χ0v) is 30.9. The minimum atomic E-state index is -5.03. The van der Waals surface area contributed by atoms with Crippen LogP contribution in [0.5, 0.6) is 5.75 Å². The van der Waals surface area contributed by atoms with Gasteiger partial charge in [-0.1, -0.05) is 18.2 Å². The van der Waals surface area contributed by atoms with E-state index in [0.29, 0.717) is 22.7 Å². The molecule has 5 aromatic rings. The molecule has 48 heavy (non-hydrogen) atoms. The number of rotatable bonds is 8. The van der Waals surface area contributed by atoms with Crippen molar-refractivity contribution in [3.05, 3.63) is 84.9 Å². The summed E-state index contributed by atoms with van der Waals surface area (Å²) >= 11 is 0. The third-order valence-corrected chi connectivity index (χ3v) is 8.07. The van der Waals surface area contributed by atoms with Crippen molar-refractivity contribution in [2.45, 2.75) is 9.79 Å². The maximum absolute atomic E-state index is 12.3. The van der Waals surface area contributed by atoms with Crippen molar-refractivity contribution in [1.29, 1.82) is 0 Å². The molecule has 0 aliphatic carbocycles. The minimum Gasteiger partial charge on any atom is -0.505 e. The summed E-state index contributed by atoms with van der Waals surface area (Å²) in [4.78, 5) is -1.75. The molecule has 0 atom stereocenters. The van der Waals surface area contributed by atoms with Crippen molar-refractivity contribution in [3.8, 4) is 5.75 Å². The van der Waals surface area contributed by atoms with Crippen molar-refractivity contribution >= 4 is 141 Å². The third-order valence-electron chi connectivity index (χ3n) is 6.33. The van der Waals surface area contributed by atoms with Crippen LogP contribution in [-0.2, 0) is 20.2 Å². The maximum Gasteiger partial charge on any atom is 0.296 e. The van der Waals surface area contributed by atoms with E-state index in [1.807, 2.05) is 0 Å². The number of aromatic hydroxyl groups is 1. The number of phenols is 1. The molecule has 0 amide bonds. The Morgan fingerprint density at radius 1 is 0.562 bits per heavy atom. The zero-order chi connectivity index (χ0) is 33.2. The summed E-state index contributed by atoms with van der Waals surface area (Å²) in [5.41, 5.74) is 18.2. The zero-order valence-electron chi connectivity index (χ0n) is 25.3. The van der Waals surface area contributed by atoms with E-state index < -0.39 is 52.8 Å². The summed E-state index contributed by atoms with van der Waals surface area (Å²) in [6, 6.07) is 20.5. The Labute approximate surface area is 318 Å². The second-order valence-electron chi connectivity index (χ2n) is 9.53. The van der Waals surface area contributed by atoms with Gasteiger partial charge in [-0.05, 0) is 72.1 Å². The predicted molar refractivity (Wildman–Crippen MR) is 182 cm³/mol. The summed E-state index contributed by atoms with van der Waals surface area (Å²) in [6.07, 6.45) is 0. The van der Waals surface area contributed by atoms with E-state index in [-0.39, 0.29) is 81.3 Å². The van der Waals surface area contributed by atoms with Crippen LogP contribution in [0, 0.1) is 0 Å². The van der Waals surface area contributed by atoms with Crippen LogP contribution in [0.3, 0.4) is 0 Å². The quantitative estimate of drug-likeness (QED) is 0.0455. The smallest absolute Gasteiger partial charge is 0.296 e. The summed E-state index contributed by atoms with van der Waals surface area (Å²) < 4.78 is 68.9. The van der Waals surface area contributed by atoms with Crippen molar-refractivity contribution < 1.29 is 31.0 Å². The first-order valence-electron chi connectivity index (χ1n) is 12.8. The first-order chi connectivity index (χ1) is 21.7. The molecule has 0 aliphatic heterocycles. The van der Waals surface area contributed by atoms with Crippen molar-refractivity contribution in [2.75, 3.05) is 17.2 Å². The van der Waals surface area contributed by atoms with Crippen molar-refractivity contribution in [2.24, 2.45) is 30.7 Å². The molecule has 0 aromatic heterocycles. The maximum atomic E-state index is 12.3. The van der Waals surface area contributed by atoms with Gasteiger partial charge in [0.25, 0.3) is 20.2 Å². The summed E-state index contributed by atoms with van der Waals surface area (Å²) in [6.45, 7) is 0. The summed E-state index contributed by atoms with van der Waals surface area (Å²) in [5.74, 6) is -0.864. The van der Waals surface area contributed by atoms with Crippen LogP contribution in [0.4, 0.5) is 51.2 Å². The summed E-state index contributed by atoms with van der Waals surface area (Å²) in [7, 11) is -10.1. The Kier molecular flexibility index (Phi) is 12.6. The van der Waals surface area contributed by atoms with Gasteiger partial charge in [-0.15, -0.1) is 15.3 Å². The van der Waals surface area contributed by atoms with Crippen LogP contribution in [-0.4, -0.2) is 90.2 Å². The van der Waals surface area contributed by atoms with Crippen LogP contribution >= 0.6 is 0 Å². The van der Waals surface area contributed by atoms with Gasteiger partial charge in [-0.25, -0.2) is 0 Å². The molecule has 0 heterocycles. The predicted octanol–water partition coefficient (Wildman–Crippen LogP) is 6.27. The Hall–Kier alpha value is -3.82. The van der Waals surface area contributed by atoms with Gasteiger partial charge < -0.3 is 22.3 Å². The van der Waals surface area contributed by atoms with Gasteiger partial charge >= 0.3 is 0 Å². The molecule has 16 nitrogen and oxygen atoms in total. The van der Waals surface area contributed by atoms with Crippen molar-refractivity contribution in [1.82, 2.24) is 0 Å². The van der Waals surface area contributed by atoms with Gasteiger partial charge in [0.15, 0.2) is 5.75 Å². The third kappa shape index (κ3) is 8.80. The van der Waals surface area contributed by atoms with Gasteiger partial charge in [0, 0.05) is 64.8 Å². The molecule has 236 valence electrons. The fourth-order valence-corrected chi connectivity index (χ4v) is 5.50. The van der Waals surface area contributed by atoms with Gasteiger partial charge in [0.05, 0.1) is 33.8 Å². The van der Waals surface area contributed by atoms with Crippen molar-refractivity contribution in [3.63, 3.8) is 0 Å². The number of azo groups is 3. The molecule has 20 heteroatoms. The van der Waals surface area contributed by atoms with Crippen LogP contribution in [0.2, 0.25) is 0 Å². The Bertz CT molecular complexity index is 2310. The fraction of sp³-hybridized carbons (Fsp3) is 0.